The maximum absolute atomic E-state index is 12.4. The summed E-state index contributed by atoms with van der Waals surface area (Å²) in [5.74, 6) is 0.0539. The molecule has 0 radical (unpaired) electrons. The van der Waals surface area contributed by atoms with Gasteiger partial charge >= 0.3 is 0 Å². The number of fused-ring (bicyclic) bond motifs is 1. The molecule has 8 heteroatoms. The van der Waals surface area contributed by atoms with Gasteiger partial charge in [0.2, 0.25) is 10.0 Å². The molecule has 7 nitrogen and oxygen atoms in total. The molecule has 0 aromatic carbocycles. The number of sulfonamides is 1. The van der Waals surface area contributed by atoms with Gasteiger partial charge in [-0.3, -0.25) is 9.48 Å². The second-order valence-corrected chi connectivity index (χ2v) is 8.36. The van der Waals surface area contributed by atoms with Crippen LogP contribution < -0.4 is 10.0 Å². The van der Waals surface area contributed by atoms with E-state index < -0.39 is 10.0 Å². The molecule has 1 aliphatic carbocycles. The third kappa shape index (κ3) is 3.92. The van der Waals surface area contributed by atoms with Crippen LogP contribution in [-0.4, -0.2) is 42.9 Å². The van der Waals surface area contributed by atoms with E-state index >= 15 is 0 Å². The Labute approximate surface area is 136 Å². The number of aromatic nitrogens is 2. The van der Waals surface area contributed by atoms with E-state index in [-0.39, 0.29) is 17.9 Å². The molecule has 3 rings (SSSR count). The second kappa shape index (κ2) is 6.60. The summed E-state index contributed by atoms with van der Waals surface area (Å²) >= 11 is 0. The lowest BCUT2D eigenvalue weighted by molar-refractivity contribution is 0.0944. The molecule has 0 unspecified atom stereocenters. The highest BCUT2D eigenvalue weighted by molar-refractivity contribution is 7.88. The van der Waals surface area contributed by atoms with Gasteiger partial charge in [-0.05, 0) is 38.0 Å². The molecule has 0 saturated heterocycles. The number of hydrogen-bond donors (Lipinski definition) is 2. The molecule has 2 heterocycles. The lowest BCUT2D eigenvalue weighted by Gasteiger charge is -2.20. The molecule has 1 fully saturated rings. The maximum atomic E-state index is 12.4. The number of carbonyl (C=O) groups excluding carboxylic acids is 1. The van der Waals surface area contributed by atoms with Crippen molar-refractivity contribution in [3.8, 4) is 0 Å². The van der Waals surface area contributed by atoms with E-state index in [1.165, 1.54) is 6.26 Å². The first-order valence-electron chi connectivity index (χ1n) is 8.24. The van der Waals surface area contributed by atoms with Crippen molar-refractivity contribution < 1.29 is 13.2 Å². The summed E-state index contributed by atoms with van der Waals surface area (Å²) < 4.78 is 27.4. The third-order valence-corrected chi connectivity index (χ3v) is 5.51. The number of nitrogens with zero attached hydrogens (tertiary/aromatic N) is 2. The number of aryl methyl sites for hydroxylation is 1. The van der Waals surface area contributed by atoms with Crippen molar-refractivity contribution in [2.45, 2.75) is 51.1 Å². The standard InChI is InChI=1S/C15H24N4O3S/c1-23(21,22)18-13-6-4-5-11(13)9-16-15(20)12-10-17-19-8-3-2-7-14(12)19/h10-11,13,18H,2-9H2,1H3,(H,16,20)/t11-,13+/m0/s1. The monoisotopic (exact) mass is 340 g/mol. The summed E-state index contributed by atoms with van der Waals surface area (Å²) in [6.07, 6.45) is 8.67. The molecule has 1 aromatic rings. The molecule has 2 N–H and O–H groups in total. The Balaban J connectivity index is 1.59. The van der Waals surface area contributed by atoms with Crippen LogP contribution >= 0.6 is 0 Å². The highest BCUT2D eigenvalue weighted by atomic mass is 32.2. The van der Waals surface area contributed by atoms with Crippen LogP contribution in [0.25, 0.3) is 0 Å². The fourth-order valence-corrected chi connectivity index (χ4v) is 4.50. The van der Waals surface area contributed by atoms with Crippen molar-refractivity contribution in [3.63, 3.8) is 0 Å². The average Bonchev–Trinajstić information content (AvgIpc) is 3.09. The van der Waals surface area contributed by atoms with E-state index in [9.17, 15) is 13.2 Å². The van der Waals surface area contributed by atoms with Gasteiger partial charge in [-0.25, -0.2) is 13.1 Å². The van der Waals surface area contributed by atoms with Gasteiger partial charge in [0.15, 0.2) is 0 Å². The molecule has 23 heavy (non-hydrogen) atoms. The fourth-order valence-electron chi connectivity index (χ4n) is 3.64. The molecule has 128 valence electrons. The van der Waals surface area contributed by atoms with Gasteiger partial charge in [-0.2, -0.15) is 5.10 Å². The predicted octanol–water partition coefficient (Wildman–Crippen LogP) is 0.667. The van der Waals surface area contributed by atoms with Crippen LogP contribution in [0.4, 0.5) is 0 Å². The van der Waals surface area contributed by atoms with Crippen molar-refractivity contribution in [2.24, 2.45) is 5.92 Å². The number of carbonyl (C=O) groups is 1. The normalized spacial score (nSPS) is 24.4. The van der Waals surface area contributed by atoms with Crippen LogP contribution in [-0.2, 0) is 23.0 Å². The number of amides is 1. The Morgan fingerprint density at radius 2 is 2.17 bits per heavy atom. The van der Waals surface area contributed by atoms with Crippen molar-refractivity contribution >= 4 is 15.9 Å². The minimum absolute atomic E-state index is 0.0774. The summed E-state index contributed by atoms with van der Waals surface area (Å²) in [5, 5.41) is 7.25. The zero-order valence-electron chi connectivity index (χ0n) is 13.4. The second-order valence-electron chi connectivity index (χ2n) is 6.58. The van der Waals surface area contributed by atoms with E-state index in [2.05, 4.69) is 15.1 Å². The molecular formula is C15H24N4O3S. The van der Waals surface area contributed by atoms with Gasteiger partial charge in [0.25, 0.3) is 5.91 Å². The van der Waals surface area contributed by atoms with Gasteiger partial charge < -0.3 is 5.32 Å². The smallest absolute Gasteiger partial charge is 0.254 e. The van der Waals surface area contributed by atoms with Crippen molar-refractivity contribution in [1.29, 1.82) is 0 Å². The number of hydrogen-bond acceptors (Lipinski definition) is 4. The van der Waals surface area contributed by atoms with E-state index in [1.807, 2.05) is 4.68 Å². The first-order chi connectivity index (χ1) is 10.9. The minimum Gasteiger partial charge on any atom is -0.352 e. The van der Waals surface area contributed by atoms with Crippen molar-refractivity contribution in [3.05, 3.63) is 17.5 Å². The first-order valence-corrected chi connectivity index (χ1v) is 10.1. The zero-order chi connectivity index (χ0) is 16.4. The van der Waals surface area contributed by atoms with Crippen LogP contribution in [0.2, 0.25) is 0 Å². The summed E-state index contributed by atoms with van der Waals surface area (Å²) in [6, 6.07) is -0.0774. The van der Waals surface area contributed by atoms with Crippen LogP contribution in [0.15, 0.2) is 6.20 Å². The Morgan fingerprint density at radius 1 is 1.35 bits per heavy atom. The van der Waals surface area contributed by atoms with Gasteiger partial charge in [0.05, 0.1) is 23.7 Å². The maximum Gasteiger partial charge on any atom is 0.254 e. The van der Waals surface area contributed by atoms with E-state index in [1.54, 1.807) is 6.20 Å². The lowest BCUT2D eigenvalue weighted by Crippen LogP contribution is -2.41. The van der Waals surface area contributed by atoms with Gasteiger partial charge in [-0.1, -0.05) is 6.42 Å². The molecule has 0 bridgehead atoms. The molecule has 2 atom stereocenters. The van der Waals surface area contributed by atoms with Gasteiger partial charge in [0, 0.05) is 19.1 Å². The Hall–Kier alpha value is -1.41. The van der Waals surface area contributed by atoms with Gasteiger partial charge in [0.1, 0.15) is 0 Å². The quantitative estimate of drug-likeness (QED) is 0.824. The Kier molecular flexibility index (Phi) is 4.72. The number of rotatable bonds is 5. The topological polar surface area (TPSA) is 93.1 Å². The molecule has 0 spiro atoms. The minimum atomic E-state index is -3.21. The van der Waals surface area contributed by atoms with Crippen LogP contribution in [0.5, 0.6) is 0 Å². The Bertz CT molecular complexity index is 683. The zero-order valence-corrected chi connectivity index (χ0v) is 14.2. The summed E-state index contributed by atoms with van der Waals surface area (Å²) in [6.45, 7) is 1.38. The SMILES string of the molecule is CS(=O)(=O)N[C@@H]1CCC[C@H]1CNC(=O)c1cnn2c1CCCC2. The molecule has 1 aliphatic heterocycles. The van der Waals surface area contributed by atoms with E-state index in [0.717, 1.165) is 50.8 Å². The predicted molar refractivity (Wildman–Crippen MR) is 86.6 cm³/mol. The van der Waals surface area contributed by atoms with E-state index in [0.29, 0.717) is 12.1 Å². The summed E-state index contributed by atoms with van der Waals surface area (Å²) in [5.41, 5.74) is 1.68. The van der Waals surface area contributed by atoms with E-state index in [4.69, 9.17) is 0 Å². The van der Waals surface area contributed by atoms with Crippen LogP contribution in [0.1, 0.15) is 48.2 Å². The third-order valence-electron chi connectivity index (χ3n) is 4.78. The fraction of sp³-hybridized carbons (Fsp3) is 0.733. The highest BCUT2D eigenvalue weighted by Crippen LogP contribution is 2.26. The largest absolute Gasteiger partial charge is 0.352 e. The molecule has 1 amide bonds. The summed E-state index contributed by atoms with van der Waals surface area (Å²) in [4.78, 5) is 12.4. The first kappa shape index (κ1) is 16.4. The average molecular weight is 340 g/mol. The van der Waals surface area contributed by atoms with Crippen LogP contribution in [0, 0.1) is 5.92 Å². The summed E-state index contributed by atoms with van der Waals surface area (Å²) in [7, 11) is -3.21. The molecular weight excluding hydrogens is 316 g/mol. The van der Waals surface area contributed by atoms with Gasteiger partial charge in [-0.15, -0.1) is 0 Å². The highest BCUT2D eigenvalue weighted by Gasteiger charge is 2.30. The van der Waals surface area contributed by atoms with Crippen LogP contribution in [0.3, 0.4) is 0 Å². The Morgan fingerprint density at radius 3 is 2.96 bits per heavy atom. The van der Waals surface area contributed by atoms with Crippen molar-refractivity contribution in [2.75, 3.05) is 12.8 Å². The lowest BCUT2D eigenvalue weighted by atomic mass is 10.0. The molecule has 1 saturated carbocycles. The van der Waals surface area contributed by atoms with Crippen molar-refractivity contribution in [1.82, 2.24) is 19.8 Å². The number of nitrogens with one attached hydrogen (secondary N) is 2. The molecule has 1 aromatic heterocycles. The molecule has 2 aliphatic rings.